The van der Waals surface area contributed by atoms with Crippen LogP contribution in [0.2, 0.25) is 5.02 Å². The third-order valence-electron chi connectivity index (χ3n) is 5.50. The van der Waals surface area contributed by atoms with E-state index in [1.807, 2.05) is 0 Å². The lowest BCUT2D eigenvalue weighted by Gasteiger charge is -2.48. The Kier molecular flexibility index (Phi) is 7.10. The van der Waals surface area contributed by atoms with Gasteiger partial charge in [-0.25, -0.2) is 4.79 Å². The number of nitrogens with one attached hydrogen (secondary N) is 1. The number of halogens is 1. The highest BCUT2D eigenvalue weighted by Gasteiger charge is 2.38. The van der Waals surface area contributed by atoms with Gasteiger partial charge in [-0.1, -0.05) is 30.9 Å². The Balaban J connectivity index is 1.50. The molecule has 0 atom stereocenters. The molecule has 0 aromatic heterocycles. The molecule has 1 aliphatic heterocycles. The number of hydrogen-bond donors (Lipinski definition) is 1. The number of amides is 1. The summed E-state index contributed by atoms with van der Waals surface area (Å²) < 4.78 is 10.6. The zero-order chi connectivity index (χ0) is 19.1. The predicted octanol–water partition coefficient (Wildman–Crippen LogP) is 2.65. The van der Waals surface area contributed by atoms with Crippen molar-refractivity contribution in [3.8, 4) is 0 Å². The van der Waals surface area contributed by atoms with Crippen LogP contribution in [-0.4, -0.2) is 61.8 Å². The maximum atomic E-state index is 12.2. The number of rotatable bonds is 6. The Hall–Kier alpha value is -1.63. The van der Waals surface area contributed by atoms with Crippen molar-refractivity contribution in [3.05, 3.63) is 34.9 Å². The number of carbonyl (C=O) groups is 2. The van der Waals surface area contributed by atoms with Crippen molar-refractivity contribution in [2.24, 2.45) is 0 Å². The van der Waals surface area contributed by atoms with Crippen molar-refractivity contribution in [1.29, 1.82) is 0 Å². The van der Waals surface area contributed by atoms with E-state index in [4.69, 9.17) is 21.1 Å². The summed E-state index contributed by atoms with van der Waals surface area (Å²) in [6, 6.07) is 6.40. The van der Waals surface area contributed by atoms with Crippen LogP contribution in [0.1, 0.15) is 42.5 Å². The molecule has 1 saturated carbocycles. The molecule has 148 valence electrons. The molecule has 1 aliphatic carbocycles. The number of carbonyl (C=O) groups excluding carboxylic acids is 2. The average Bonchev–Trinajstić information content (AvgIpc) is 2.72. The minimum atomic E-state index is -0.526. The van der Waals surface area contributed by atoms with E-state index in [0.29, 0.717) is 17.1 Å². The van der Waals surface area contributed by atoms with Crippen LogP contribution in [0.5, 0.6) is 0 Å². The fraction of sp³-hybridized carbons (Fsp3) is 0.600. The molecule has 1 amide bonds. The van der Waals surface area contributed by atoms with E-state index in [-0.39, 0.29) is 18.1 Å². The molecule has 0 radical (unpaired) electrons. The van der Waals surface area contributed by atoms with Gasteiger partial charge in [0, 0.05) is 30.2 Å². The normalized spacial score (nSPS) is 20.0. The molecule has 2 fully saturated rings. The van der Waals surface area contributed by atoms with Gasteiger partial charge in [0.1, 0.15) is 0 Å². The molecule has 1 heterocycles. The van der Waals surface area contributed by atoms with Crippen LogP contribution in [0.25, 0.3) is 0 Å². The second-order valence-corrected chi connectivity index (χ2v) is 7.68. The molecule has 0 spiro atoms. The van der Waals surface area contributed by atoms with Crippen LogP contribution < -0.4 is 5.32 Å². The summed E-state index contributed by atoms with van der Waals surface area (Å²) in [5, 5.41) is 3.53. The Morgan fingerprint density at radius 2 is 1.78 bits per heavy atom. The van der Waals surface area contributed by atoms with Gasteiger partial charge in [0.05, 0.1) is 18.8 Å². The van der Waals surface area contributed by atoms with E-state index >= 15 is 0 Å². The van der Waals surface area contributed by atoms with Gasteiger partial charge in [0.25, 0.3) is 5.91 Å². The highest BCUT2D eigenvalue weighted by Crippen LogP contribution is 2.33. The Bertz CT molecular complexity index is 638. The maximum Gasteiger partial charge on any atom is 0.338 e. The monoisotopic (exact) mass is 394 g/mol. The van der Waals surface area contributed by atoms with Crippen LogP contribution in [-0.2, 0) is 14.3 Å². The summed E-state index contributed by atoms with van der Waals surface area (Å²) in [6.07, 6.45) is 5.77. The minimum absolute atomic E-state index is 0.00211. The van der Waals surface area contributed by atoms with Crippen molar-refractivity contribution < 1.29 is 19.1 Å². The first kappa shape index (κ1) is 20.1. The highest BCUT2D eigenvalue weighted by molar-refractivity contribution is 6.30. The zero-order valence-electron chi connectivity index (χ0n) is 15.5. The molecule has 1 saturated heterocycles. The smallest absolute Gasteiger partial charge is 0.338 e. The average molecular weight is 395 g/mol. The molecule has 1 aromatic carbocycles. The lowest BCUT2D eigenvalue weighted by atomic mass is 9.79. The van der Waals surface area contributed by atoms with Crippen LogP contribution in [0, 0.1) is 0 Å². The molecule has 1 N–H and O–H groups in total. The van der Waals surface area contributed by atoms with E-state index in [0.717, 1.165) is 39.1 Å². The van der Waals surface area contributed by atoms with Crippen molar-refractivity contribution in [2.75, 3.05) is 39.5 Å². The summed E-state index contributed by atoms with van der Waals surface area (Å²) in [6.45, 7) is 3.61. The van der Waals surface area contributed by atoms with Crippen LogP contribution in [0.15, 0.2) is 24.3 Å². The van der Waals surface area contributed by atoms with Crippen LogP contribution in [0.4, 0.5) is 0 Å². The summed E-state index contributed by atoms with van der Waals surface area (Å²) in [4.78, 5) is 26.7. The molecule has 3 rings (SSSR count). The maximum absolute atomic E-state index is 12.2. The fourth-order valence-electron chi connectivity index (χ4n) is 3.97. The van der Waals surface area contributed by atoms with Gasteiger partial charge < -0.3 is 14.8 Å². The van der Waals surface area contributed by atoms with E-state index in [1.165, 1.54) is 19.3 Å². The predicted molar refractivity (Wildman–Crippen MR) is 103 cm³/mol. The largest absolute Gasteiger partial charge is 0.452 e. The lowest BCUT2D eigenvalue weighted by Crippen LogP contribution is -2.59. The van der Waals surface area contributed by atoms with Crippen molar-refractivity contribution >= 4 is 23.5 Å². The lowest BCUT2D eigenvalue weighted by molar-refractivity contribution is -0.125. The third-order valence-corrected chi connectivity index (χ3v) is 5.75. The number of esters is 1. The molecule has 2 aliphatic rings. The number of benzene rings is 1. The number of ether oxygens (including phenoxy) is 2. The van der Waals surface area contributed by atoms with Crippen molar-refractivity contribution in [3.63, 3.8) is 0 Å². The molecule has 0 unspecified atom stereocenters. The summed E-state index contributed by atoms with van der Waals surface area (Å²) in [7, 11) is 0. The Morgan fingerprint density at radius 1 is 1.11 bits per heavy atom. The van der Waals surface area contributed by atoms with Crippen LogP contribution >= 0.6 is 11.6 Å². The van der Waals surface area contributed by atoms with Crippen molar-refractivity contribution in [2.45, 2.75) is 37.6 Å². The molecular formula is C20H27ClN2O4. The number of morpholine rings is 1. The first-order valence-corrected chi connectivity index (χ1v) is 9.99. The quantitative estimate of drug-likeness (QED) is 0.751. The Labute approximate surface area is 165 Å². The van der Waals surface area contributed by atoms with Gasteiger partial charge in [-0.05, 0) is 37.1 Å². The summed E-state index contributed by atoms with van der Waals surface area (Å²) in [5.74, 6) is -0.794. The molecule has 27 heavy (non-hydrogen) atoms. The molecule has 1 aromatic rings. The van der Waals surface area contributed by atoms with Gasteiger partial charge in [0.15, 0.2) is 6.61 Å². The van der Waals surface area contributed by atoms with E-state index in [9.17, 15) is 9.59 Å². The fourth-order valence-corrected chi connectivity index (χ4v) is 4.09. The molecular weight excluding hydrogens is 368 g/mol. The second kappa shape index (κ2) is 9.53. The van der Waals surface area contributed by atoms with Crippen molar-refractivity contribution in [1.82, 2.24) is 10.2 Å². The Morgan fingerprint density at radius 3 is 2.44 bits per heavy atom. The topological polar surface area (TPSA) is 67.9 Å². The second-order valence-electron chi connectivity index (χ2n) is 7.24. The van der Waals surface area contributed by atoms with Gasteiger partial charge in [-0.15, -0.1) is 0 Å². The zero-order valence-corrected chi connectivity index (χ0v) is 16.3. The van der Waals surface area contributed by atoms with Gasteiger partial charge in [-0.3, -0.25) is 9.69 Å². The van der Waals surface area contributed by atoms with E-state index in [2.05, 4.69) is 10.2 Å². The first-order valence-electron chi connectivity index (χ1n) is 9.61. The van der Waals surface area contributed by atoms with Gasteiger partial charge in [0.2, 0.25) is 0 Å². The molecule has 6 nitrogen and oxygen atoms in total. The van der Waals surface area contributed by atoms with E-state index in [1.54, 1.807) is 24.3 Å². The molecule has 7 heteroatoms. The summed E-state index contributed by atoms with van der Waals surface area (Å²) in [5.41, 5.74) is 0.377. The van der Waals surface area contributed by atoms with E-state index < -0.39 is 5.97 Å². The standard InChI is InChI=1S/C20H27ClN2O4/c21-17-6-4-16(5-7-17)19(25)27-14-18(24)22-15-20(8-2-1-3-9-20)23-10-12-26-13-11-23/h4-7H,1-3,8-15H2,(H,22,24). The number of nitrogens with zero attached hydrogens (tertiary/aromatic N) is 1. The number of hydrogen-bond acceptors (Lipinski definition) is 5. The SMILES string of the molecule is O=C(COC(=O)c1ccc(Cl)cc1)NCC1(N2CCOCC2)CCCCC1. The minimum Gasteiger partial charge on any atom is -0.452 e. The molecule has 0 bridgehead atoms. The highest BCUT2D eigenvalue weighted by atomic mass is 35.5. The van der Waals surface area contributed by atoms with Crippen LogP contribution in [0.3, 0.4) is 0 Å². The van der Waals surface area contributed by atoms with Gasteiger partial charge in [-0.2, -0.15) is 0 Å². The first-order chi connectivity index (χ1) is 13.1. The third kappa shape index (κ3) is 5.43. The summed E-state index contributed by atoms with van der Waals surface area (Å²) >= 11 is 5.81. The van der Waals surface area contributed by atoms with Gasteiger partial charge >= 0.3 is 5.97 Å².